The first-order valence-electron chi connectivity index (χ1n) is 8.80. The maximum atomic E-state index is 11.7. The predicted octanol–water partition coefficient (Wildman–Crippen LogP) is 4.78. The van der Waals surface area contributed by atoms with Gasteiger partial charge in [-0.1, -0.05) is 52.4 Å². The molecule has 0 aromatic heterocycles. The number of nitrogens with zero attached hydrogens (tertiary/aromatic N) is 1. The molecule has 2 unspecified atom stereocenters. The minimum atomic E-state index is -0.541. The van der Waals surface area contributed by atoms with E-state index >= 15 is 0 Å². The molecule has 1 radical (unpaired) electrons. The number of carbonyl (C=O) groups is 1. The number of hydrogen-bond acceptors (Lipinski definition) is 3. The van der Waals surface area contributed by atoms with Gasteiger partial charge in [-0.2, -0.15) is 0 Å². The summed E-state index contributed by atoms with van der Waals surface area (Å²) < 4.78 is 10.6. The summed E-state index contributed by atoms with van der Waals surface area (Å²) in [5, 5.41) is 4.20. The van der Waals surface area contributed by atoms with Gasteiger partial charge in [0.05, 0.1) is 0 Å². The van der Waals surface area contributed by atoms with Crippen molar-refractivity contribution in [2.45, 2.75) is 96.8 Å². The summed E-state index contributed by atoms with van der Waals surface area (Å²) in [4.78, 5) is 11.7. The Morgan fingerprint density at radius 2 is 1.86 bits per heavy atom. The molecule has 1 aliphatic rings. The molecule has 123 valence electrons. The number of hydrogen-bond donors (Lipinski definition) is 0. The minimum absolute atomic E-state index is 0.00505. The lowest BCUT2D eigenvalue weighted by atomic mass is 10.1. The molecule has 2 atom stereocenters. The van der Waals surface area contributed by atoms with Gasteiger partial charge in [0.1, 0.15) is 6.10 Å². The zero-order valence-electron chi connectivity index (χ0n) is 13.8. The first-order chi connectivity index (χ1) is 10.3. The van der Waals surface area contributed by atoms with Gasteiger partial charge >= 0.3 is 6.16 Å². The highest BCUT2D eigenvalue weighted by Gasteiger charge is 2.22. The molecule has 1 aliphatic heterocycles. The minimum Gasteiger partial charge on any atom is -0.431 e. The second-order valence-electron chi connectivity index (χ2n) is 5.93. The Balaban J connectivity index is 2.03. The molecule has 0 aromatic rings. The van der Waals surface area contributed by atoms with Crippen molar-refractivity contribution in [2.75, 3.05) is 6.54 Å². The largest absolute Gasteiger partial charge is 0.510 e. The van der Waals surface area contributed by atoms with Crippen LogP contribution in [0.2, 0.25) is 0 Å². The third-order valence-corrected chi connectivity index (χ3v) is 4.02. The van der Waals surface area contributed by atoms with Crippen LogP contribution in [0.3, 0.4) is 0 Å². The molecule has 0 aliphatic carbocycles. The van der Waals surface area contributed by atoms with Crippen LogP contribution >= 0.6 is 0 Å². The lowest BCUT2D eigenvalue weighted by Crippen LogP contribution is -2.26. The first kappa shape index (κ1) is 18.3. The average molecular weight is 298 g/mol. The fourth-order valence-corrected chi connectivity index (χ4v) is 2.64. The smallest absolute Gasteiger partial charge is 0.431 e. The molecule has 0 spiro atoms. The van der Waals surface area contributed by atoms with Crippen LogP contribution < -0.4 is 5.32 Å². The van der Waals surface area contributed by atoms with Crippen molar-refractivity contribution in [3.8, 4) is 0 Å². The number of unbranched alkanes of at least 4 members (excludes halogenated alkanes) is 6. The first-order valence-corrected chi connectivity index (χ1v) is 8.80. The SMILES string of the molecule is CCCCCCCCCC(CC)OC(=O)OC1CCC[N]1. The van der Waals surface area contributed by atoms with E-state index in [1.54, 1.807) is 0 Å². The standard InChI is InChI=1S/C17H32NO3/c1-3-5-6-7-8-9-10-12-15(4-2)20-17(19)21-16-13-11-14-18-16/h15-16H,3-14H2,1-2H3. The third kappa shape index (κ3) is 8.97. The number of ether oxygens (including phenoxy) is 2. The van der Waals surface area contributed by atoms with Crippen LogP contribution in [-0.2, 0) is 9.47 Å². The van der Waals surface area contributed by atoms with Crippen LogP contribution in [0.4, 0.5) is 4.79 Å². The molecule has 1 heterocycles. The predicted molar refractivity (Wildman–Crippen MR) is 84.3 cm³/mol. The van der Waals surface area contributed by atoms with E-state index in [4.69, 9.17) is 9.47 Å². The number of rotatable bonds is 11. The summed E-state index contributed by atoms with van der Waals surface area (Å²) in [7, 11) is 0. The summed E-state index contributed by atoms with van der Waals surface area (Å²) in [5.41, 5.74) is 0. The molecule has 21 heavy (non-hydrogen) atoms. The summed E-state index contributed by atoms with van der Waals surface area (Å²) in [6.07, 6.45) is 11.8. The monoisotopic (exact) mass is 298 g/mol. The van der Waals surface area contributed by atoms with Crippen LogP contribution in [-0.4, -0.2) is 25.0 Å². The molecule has 1 fully saturated rings. The van der Waals surface area contributed by atoms with Gasteiger partial charge in [-0.05, 0) is 25.7 Å². The van der Waals surface area contributed by atoms with Gasteiger partial charge in [0.25, 0.3) is 0 Å². The van der Waals surface area contributed by atoms with Gasteiger partial charge in [0.2, 0.25) is 0 Å². The van der Waals surface area contributed by atoms with Gasteiger partial charge in [-0.15, -0.1) is 0 Å². The van der Waals surface area contributed by atoms with E-state index in [0.717, 1.165) is 38.6 Å². The van der Waals surface area contributed by atoms with Gasteiger partial charge in [0, 0.05) is 13.0 Å². The lowest BCUT2D eigenvalue weighted by Gasteiger charge is -2.17. The summed E-state index contributed by atoms with van der Waals surface area (Å²) in [5.74, 6) is 0. The molecule has 0 bridgehead atoms. The van der Waals surface area contributed by atoms with E-state index < -0.39 is 6.16 Å². The fourth-order valence-electron chi connectivity index (χ4n) is 2.64. The third-order valence-electron chi connectivity index (χ3n) is 4.02. The average Bonchev–Trinajstić information content (AvgIpc) is 2.97. The Bertz CT molecular complexity index is 265. The molecule has 1 rings (SSSR count). The van der Waals surface area contributed by atoms with Crippen LogP contribution in [0.5, 0.6) is 0 Å². The van der Waals surface area contributed by atoms with Crippen LogP contribution in [0, 0.1) is 0 Å². The van der Waals surface area contributed by atoms with Crippen molar-refractivity contribution in [1.29, 1.82) is 0 Å². The molecular formula is C17H32NO3. The maximum Gasteiger partial charge on any atom is 0.510 e. The van der Waals surface area contributed by atoms with Crippen LogP contribution in [0.15, 0.2) is 0 Å². The van der Waals surface area contributed by atoms with E-state index in [-0.39, 0.29) is 12.3 Å². The zero-order valence-corrected chi connectivity index (χ0v) is 13.8. The van der Waals surface area contributed by atoms with Crippen molar-refractivity contribution < 1.29 is 14.3 Å². The van der Waals surface area contributed by atoms with Crippen molar-refractivity contribution in [2.24, 2.45) is 0 Å². The van der Waals surface area contributed by atoms with E-state index in [0.29, 0.717) is 0 Å². The molecule has 0 saturated carbocycles. The molecule has 4 heteroatoms. The van der Waals surface area contributed by atoms with Crippen molar-refractivity contribution in [1.82, 2.24) is 5.32 Å². The van der Waals surface area contributed by atoms with Crippen molar-refractivity contribution >= 4 is 6.16 Å². The van der Waals surface area contributed by atoms with Gasteiger partial charge < -0.3 is 9.47 Å². The van der Waals surface area contributed by atoms with E-state index in [1.165, 1.54) is 38.5 Å². The second kappa shape index (κ2) is 11.8. The molecule has 0 amide bonds. The highest BCUT2D eigenvalue weighted by molar-refractivity contribution is 5.60. The zero-order chi connectivity index (χ0) is 15.3. The Hall–Kier alpha value is -0.770. The van der Waals surface area contributed by atoms with E-state index in [9.17, 15) is 4.79 Å². The fraction of sp³-hybridized carbons (Fsp3) is 0.941. The highest BCUT2D eigenvalue weighted by atomic mass is 16.7. The molecule has 4 nitrogen and oxygen atoms in total. The normalized spacial score (nSPS) is 19.4. The maximum absolute atomic E-state index is 11.7. The van der Waals surface area contributed by atoms with E-state index in [2.05, 4.69) is 19.2 Å². The number of carbonyl (C=O) groups excluding carboxylic acids is 1. The van der Waals surface area contributed by atoms with Gasteiger partial charge in [0.15, 0.2) is 6.23 Å². The molecule has 1 saturated heterocycles. The summed E-state index contributed by atoms with van der Waals surface area (Å²) in [6.45, 7) is 5.09. The topological polar surface area (TPSA) is 49.6 Å². The van der Waals surface area contributed by atoms with Crippen LogP contribution in [0.25, 0.3) is 0 Å². The summed E-state index contributed by atoms with van der Waals surface area (Å²) >= 11 is 0. The Morgan fingerprint density at radius 3 is 2.48 bits per heavy atom. The Morgan fingerprint density at radius 1 is 1.14 bits per heavy atom. The molecule has 0 N–H and O–H groups in total. The van der Waals surface area contributed by atoms with Crippen molar-refractivity contribution in [3.05, 3.63) is 0 Å². The highest BCUT2D eigenvalue weighted by Crippen LogP contribution is 2.15. The second-order valence-corrected chi connectivity index (χ2v) is 5.93. The van der Waals surface area contributed by atoms with Gasteiger partial charge in [-0.25, -0.2) is 10.1 Å². The van der Waals surface area contributed by atoms with Crippen molar-refractivity contribution in [3.63, 3.8) is 0 Å². The van der Waals surface area contributed by atoms with Crippen LogP contribution in [0.1, 0.15) is 84.5 Å². The lowest BCUT2D eigenvalue weighted by molar-refractivity contribution is -0.00964. The Labute approximate surface area is 130 Å². The Kier molecular flexibility index (Phi) is 10.3. The summed E-state index contributed by atoms with van der Waals surface area (Å²) in [6, 6.07) is 0. The quantitative estimate of drug-likeness (QED) is 0.407. The molecule has 0 aromatic carbocycles. The van der Waals surface area contributed by atoms with E-state index in [1.807, 2.05) is 0 Å². The molecular weight excluding hydrogens is 266 g/mol. The van der Waals surface area contributed by atoms with Gasteiger partial charge in [-0.3, -0.25) is 0 Å².